The van der Waals surface area contributed by atoms with Crippen molar-refractivity contribution in [1.29, 1.82) is 0 Å². The molecule has 1 amide bonds. The molecule has 0 saturated heterocycles. The van der Waals surface area contributed by atoms with Gasteiger partial charge in [0.25, 0.3) is 5.91 Å². The van der Waals surface area contributed by atoms with Gasteiger partial charge in [0.05, 0.1) is 12.1 Å². The van der Waals surface area contributed by atoms with Crippen molar-refractivity contribution in [3.63, 3.8) is 0 Å². The number of benzene rings is 2. The molecule has 0 spiro atoms. The summed E-state index contributed by atoms with van der Waals surface area (Å²) in [7, 11) is 0. The van der Waals surface area contributed by atoms with Gasteiger partial charge in [-0.2, -0.15) is 5.06 Å². The molecular weight excluding hydrogens is 334 g/mol. The number of carbonyl (C=O) groups is 3. The maximum absolute atomic E-state index is 12.9. The first-order chi connectivity index (χ1) is 12.5. The van der Waals surface area contributed by atoms with Crippen LogP contribution >= 0.6 is 0 Å². The molecule has 0 radical (unpaired) electrons. The van der Waals surface area contributed by atoms with E-state index in [1.807, 2.05) is 24.3 Å². The van der Waals surface area contributed by atoms with Gasteiger partial charge in [0.15, 0.2) is 5.78 Å². The summed E-state index contributed by atoms with van der Waals surface area (Å²) >= 11 is 0. The van der Waals surface area contributed by atoms with Crippen LogP contribution in [-0.2, 0) is 27.5 Å². The lowest BCUT2D eigenvalue weighted by Gasteiger charge is -2.18. The quantitative estimate of drug-likeness (QED) is 0.793. The fourth-order valence-electron chi connectivity index (χ4n) is 2.86. The Bertz CT molecular complexity index is 874. The van der Waals surface area contributed by atoms with Crippen molar-refractivity contribution in [1.82, 2.24) is 5.06 Å². The molecule has 1 aliphatic heterocycles. The van der Waals surface area contributed by atoms with Gasteiger partial charge in [0.2, 0.25) is 0 Å². The Balaban J connectivity index is 1.82. The Morgan fingerprint density at radius 1 is 1.12 bits per heavy atom. The van der Waals surface area contributed by atoms with Gasteiger partial charge < -0.3 is 9.57 Å². The number of hydrogen-bond acceptors (Lipinski definition) is 5. The van der Waals surface area contributed by atoms with Crippen LogP contribution in [-0.4, -0.2) is 29.3 Å². The first-order valence-electron chi connectivity index (χ1n) is 8.30. The van der Waals surface area contributed by atoms with Crippen molar-refractivity contribution < 1.29 is 24.0 Å². The monoisotopic (exact) mass is 353 g/mol. The third-order valence-electron chi connectivity index (χ3n) is 4.13. The van der Waals surface area contributed by atoms with Gasteiger partial charge in [-0.1, -0.05) is 30.3 Å². The van der Waals surface area contributed by atoms with Gasteiger partial charge in [-0.05, 0) is 24.1 Å². The molecule has 0 bridgehead atoms. The minimum absolute atomic E-state index is 0.0849. The highest BCUT2D eigenvalue weighted by Gasteiger charge is 2.22. The van der Waals surface area contributed by atoms with Gasteiger partial charge in [-0.3, -0.25) is 14.4 Å². The second-order valence-electron chi connectivity index (χ2n) is 6.06. The lowest BCUT2D eigenvalue weighted by Crippen LogP contribution is -2.32. The predicted molar refractivity (Wildman–Crippen MR) is 93.5 cm³/mol. The molecule has 3 rings (SSSR count). The second-order valence-corrected chi connectivity index (χ2v) is 6.06. The Kier molecular flexibility index (Phi) is 5.02. The molecule has 0 atom stereocenters. The van der Waals surface area contributed by atoms with Crippen LogP contribution in [0.3, 0.4) is 0 Å². The zero-order chi connectivity index (χ0) is 18.7. The Labute approximate surface area is 151 Å². The van der Waals surface area contributed by atoms with Crippen LogP contribution in [0.1, 0.15) is 40.9 Å². The maximum atomic E-state index is 12.9. The minimum Gasteiger partial charge on any atom is -0.488 e. The van der Waals surface area contributed by atoms with E-state index in [1.165, 1.54) is 13.8 Å². The molecule has 6 nitrogen and oxygen atoms in total. The van der Waals surface area contributed by atoms with Crippen LogP contribution < -0.4 is 4.74 Å². The van der Waals surface area contributed by atoms with E-state index in [1.54, 1.807) is 18.2 Å². The van der Waals surface area contributed by atoms with Crippen LogP contribution in [0.15, 0.2) is 42.5 Å². The van der Waals surface area contributed by atoms with E-state index >= 15 is 0 Å². The highest BCUT2D eigenvalue weighted by molar-refractivity contribution is 6.12. The van der Waals surface area contributed by atoms with E-state index in [2.05, 4.69) is 0 Å². The van der Waals surface area contributed by atoms with Gasteiger partial charge >= 0.3 is 5.97 Å². The summed E-state index contributed by atoms with van der Waals surface area (Å²) in [5, 5.41) is 1.02. The molecule has 0 aromatic heterocycles. The van der Waals surface area contributed by atoms with E-state index in [9.17, 15) is 14.4 Å². The number of hydrogen-bond donors (Lipinski definition) is 0. The summed E-state index contributed by atoms with van der Waals surface area (Å²) in [6.07, 6.45) is 0.440. The molecule has 2 aromatic carbocycles. The molecule has 0 saturated carbocycles. The van der Waals surface area contributed by atoms with E-state index in [0.29, 0.717) is 29.9 Å². The molecule has 26 heavy (non-hydrogen) atoms. The average molecular weight is 353 g/mol. The largest absolute Gasteiger partial charge is 0.488 e. The lowest BCUT2D eigenvalue weighted by atomic mass is 9.97. The number of ether oxygens (including phenoxy) is 1. The molecular formula is C20H19NO5. The van der Waals surface area contributed by atoms with Gasteiger partial charge in [0, 0.05) is 25.0 Å². The van der Waals surface area contributed by atoms with Crippen LogP contribution in [0, 0.1) is 0 Å². The van der Waals surface area contributed by atoms with Crippen molar-refractivity contribution >= 4 is 17.7 Å². The molecule has 0 fully saturated rings. The number of fused-ring (bicyclic) bond motifs is 2. The highest BCUT2D eigenvalue weighted by Crippen LogP contribution is 2.29. The van der Waals surface area contributed by atoms with Crippen molar-refractivity contribution in [2.75, 3.05) is 6.54 Å². The van der Waals surface area contributed by atoms with Crippen molar-refractivity contribution in [3.05, 3.63) is 64.7 Å². The molecule has 0 aliphatic carbocycles. The van der Waals surface area contributed by atoms with Gasteiger partial charge in [-0.15, -0.1) is 0 Å². The average Bonchev–Trinajstić information content (AvgIpc) is 2.76. The third kappa shape index (κ3) is 3.74. The van der Waals surface area contributed by atoms with Crippen molar-refractivity contribution in [3.8, 4) is 5.75 Å². The molecule has 0 N–H and O–H groups in total. The molecule has 0 unspecified atom stereocenters. The molecule has 6 heteroatoms. The number of hydroxylamine groups is 2. The molecule has 134 valence electrons. The number of ketones is 1. The SMILES string of the molecule is CC(=O)ON(CCc1ccc2c(c1)C(=O)c1ccccc1CO2)C(C)=O. The number of nitrogens with zero attached hydrogens (tertiary/aromatic N) is 1. The topological polar surface area (TPSA) is 72.9 Å². The van der Waals surface area contributed by atoms with E-state index in [4.69, 9.17) is 9.57 Å². The molecule has 1 heterocycles. The smallest absolute Gasteiger partial charge is 0.329 e. The number of amides is 1. The summed E-state index contributed by atoms with van der Waals surface area (Å²) in [5.41, 5.74) is 2.83. The van der Waals surface area contributed by atoms with Crippen LogP contribution in [0.5, 0.6) is 5.75 Å². The van der Waals surface area contributed by atoms with E-state index in [-0.39, 0.29) is 18.2 Å². The summed E-state index contributed by atoms with van der Waals surface area (Å²) in [6.45, 7) is 3.12. The third-order valence-corrected chi connectivity index (χ3v) is 4.13. The first kappa shape index (κ1) is 17.7. The lowest BCUT2D eigenvalue weighted by molar-refractivity contribution is -0.194. The van der Waals surface area contributed by atoms with Crippen molar-refractivity contribution in [2.24, 2.45) is 0 Å². The van der Waals surface area contributed by atoms with Crippen molar-refractivity contribution in [2.45, 2.75) is 26.9 Å². The minimum atomic E-state index is -0.553. The zero-order valence-corrected chi connectivity index (χ0v) is 14.7. The molecule has 1 aliphatic rings. The summed E-state index contributed by atoms with van der Waals surface area (Å²) < 4.78 is 5.76. The van der Waals surface area contributed by atoms with Crippen LogP contribution in [0.4, 0.5) is 0 Å². The Morgan fingerprint density at radius 2 is 1.88 bits per heavy atom. The van der Waals surface area contributed by atoms with Gasteiger partial charge in [0.1, 0.15) is 12.4 Å². The number of rotatable bonds is 3. The second kappa shape index (κ2) is 7.39. The van der Waals surface area contributed by atoms with Gasteiger partial charge in [-0.25, -0.2) is 0 Å². The fraction of sp³-hybridized carbons (Fsp3) is 0.250. The molecule has 2 aromatic rings. The summed E-state index contributed by atoms with van der Waals surface area (Å²) in [6, 6.07) is 12.8. The first-order valence-corrected chi connectivity index (χ1v) is 8.30. The van der Waals surface area contributed by atoms with E-state index in [0.717, 1.165) is 16.2 Å². The van der Waals surface area contributed by atoms with Crippen LogP contribution in [0.25, 0.3) is 0 Å². The Hall–Kier alpha value is -3.15. The normalized spacial score (nSPS) is 12.3. The van der Waals surface area contributed by atoms with E-state index < -0.39 is 5.97 Å². The summed E-state index contributed by atoms with van der Waals surface area (Å²) in [5.74, 6) is -0.456. The van der Waals surface area contributed by atoms with Crippen LogP contribution in [0.2, 0.25) is 0 Å². The summed E-state index contributed by atoms with van der Waals surface area (Å²) in [4.78, 5) is 40.4. The fourth-order valence-corrected chi connectivity index (χ4v) is 2.86. The maximum Gasteiger partial charge on any atom is 0.329 e. The predicted octanol–water partition coefficient (Wildman–Crippen LogP) is 2.68. The standard InChI is InChI=1S/C20H19NO5/c1-13(22)21(26-14(2)23)10-9-15-7-8-19-18(11-15)20(24)17-6-4-3-5-16(17)12-25-19/h3-8,11H,9-10,12H2,1-2H3. The highest BCUT2D eigenvalue weighted by atomic mass is 16.7. The zero-order valence-electron chi connectivity index (χ0n) is 14.7. The Morgan fingerprint density at radius 3 is 2.62 bits per heavy atom. The number of carbonyl (C=O) groups excluding carboxylic acids is 3.